The van der Waals surface area contributed by atoms with E-state index >= 15 is 0 Å². The van der Waals surface area contributed by atoms with E-state index in [0.29, 0.717) is 31.7 Å². The Labute approximate surface area is 163 Å². The summed E-state index contributed by atoms with van der Waals surface area (Å²) in [4.78, 5) is 40.2. The van der Waals surface area contributed by atoms with Gasteiger partial charge in [0.05, 0.1) is 13.7 Å². The highest BCUT2D eigenvalue weighted by Gasteiger charge is 2.23. The molecule has 1 N–H and O–H groups in total. The number of piperazine rings is 1. The van der Waals surface area contributed by atoms with Crippen LogP contribution in [0.4, 0.5) is 5.69 Å². The SMILES string of the molecule is COc1ccc(N2CCN(C(=O)CNC(=O)C(=O)c3ccccc3)CC2)cc1. The molecule has 1 aliphatic rings. The Balaban J connectivity index is 1.46. The topological polar surface area (TPSA) is 79.0 Å². The number of nitrogens with zero attached hydrogens (tertiary/aromatic N) is 2. The number of ether oxygens (including phenoxy) is 1. The van der Waals surface area contributed by atoms with Gasteiger partial charge < -0.3 is 19.9 Å². The molecule has 0 aromatic heterocycles. The van der Waals surface area contributed by atoms with Crippen LogP contribution in [0.2, 0.25) is 0 Å². The van der Waals surface area contributed by atoms with Crippen LogP contribution in [0.15, 0.2) is 54.6 Å². The van der Waals surface area contributed by atoms with Crippen molar-refractivity contribution < 1.29 is 19.1 Å². The average molecular weight is 381 g/mol. The molecule has 2 aromatic carbocycles. The van der Waals surface area contributed by atoms with Gasteiger partial charge in [0, 0.05) is 37.4 Å². The Kier molecular flexibility index (Phi) is 6.26. The van der Waals surface area contributed by atoms with Crippen LogP contribution in [0.25, 0.3) is 0 Å². The van der Waals surface area contributed by atoms with Crippen LogP contribution < -0.4 is 15.0 Å². The summed E-state index contributed by atoms with van der Waals surface area (Å²) in [6, 6.07) is 16.1. The lowest BCUT2D eigenvalue weighted by Gasteiger charge is -2.36. The third-order valence-corrected chi connectivity index (χ3v) is 4.71. The zero-order valence-electron chi connectivity index (χ0n) is 15.8. The Morgan fingerprint density at radius 2 is 1.57 bits per heavy atom. The Morgan fingerprint density at radius 1 is 0.929 bits per heavy atom. The molecule has 3 rings (SSSR count). The fourth-order valence-corrected chi connectivity index (χ4v) is 3.08. The molecule has 0 unspecified atom stereocenters. The molecule has 0 spiro atoms. The van der Waals surface area contributed by atoms with Crippen molar-refractivity contribution in [3.8, 4) is 5.75 Å². The maximum atomic E-state index is 12.4. The maximum Gasteiger partial charge on any atom is 0.292 e. The van der Waals surface area contributed by atoms with Gasteiger partial charge in [0.15, 0.2) is 0 Å². The summed E-state index contributed by atoms with van der Waals surface area (Å²) in [7, 11) is 1.63. The predicted molar refractivity (Wildman–Crippen MR) is 106 cm³/mol. The van der Waals surface area contributed by atoms with E-state index < -0.39 is 11.7 Å². The van der Waals surface area contributed by atoms with Crippen molar-refractivity contribution in [3.05, 3.63) is 60.2 Å². The molecule has 0 bridgehead atoms. The van der Waals surface area contributed by atoms with Crippen LogP contribution in [0.5, 0.6) is 5.75 Å². The molecule has 0 saturated carbocycles. The molecule has 146 valence electrons. The highest BCUT2D eigenvalue weighted by atomic mass is 16.5. The number of hydrogen-bond acceptors (Lipinski definition) is 5. The molecule has 0 radical (unpaired) electrons. The molecule has 28 heavy (non-hydrogen) atoms. The van der Waals surface area contributed by atoms with Gasteiger partial charge in [-0.3, -0.25) is 14.4 Å². The van der Waals surface area contributed by atoms with E-state index in [1.54, 1.807) is 42.3 Å². The lowest BCUT2D eigenvalue weighted by atomic mass is 10.1. The number of carbonyl (C=O) groups excluding carboxylic acids is 3. The molecule has 1 saturated heterocycles. The number of hydrogen-bond donors (Lipinski definition) is 1. The third kappa shape index (κ3) is 4.68. The summed E-state index contributed by atoms with van der Waals surface area (Å²) >= 11 is 0. The number of ketones is 1. The normalized spacial score (nSPS) is 13.8. The number of methoxy groups -OCH3 is 1. The molecule has 1 heterocycles. The van der Waals surface area contributed by atoms with Gasteiger partial charge in [-0.1, -0.05) is 30.3 Å². The second-order valence-electron chi connectivity index (χ2n) is 6.44. The van der Waals surface area contributed by atoms with Gasteiger partial charge in [-0.05, 0) is 24.3 Å². The first-order chi connectivity index (χ1) is 13.6. The smallest absolute Gasteiger partial charge is 0.292 e. The molecule has 2 aromatic rings. The van der Waals surface area contributed by atoms with E-state index in [1.807, 2.05) is 24.3 Å². The van der Waals surface area contributed by atoms with Crippen molar-refractivity contribution in [2.75, 3.05) is 44.7 Å². The zero-order valence-corrected chi connectivity index (χ0v) is 15.8. The van der Waals surface area contributed by atoms with E-state index in [2.05, 4.69) is 10.2 Å². The largest absolute Gasteiger partial charge is 0.497 e. The van der Waals surface area contributed by atoms with Gasteiger partial charge >= 0.3 is 0 Å². The molecular weight excluding hydrogens is 358 g/mol. The van der Waals surface area contributed by atoms with Crippen LogP contribution in [-0.4, -0.2) is 62.3 Å². The monoisotopic (exact) mass is 381 g/mol. The quantitative estimate of drug-likeness (QED) is 0.604. The van der Waals surface area contributed by atoms with Crippen molar-refractivity contribution >= 4 is 23.3 Å². The Hall–Kier alpha value is -3.35. The number of Topliss-reactive ketones (excluding diaryl/α,β-unsaturated/α-hetero) is 1. The van der Waals surface area contributed by atoms with Crippen molar-refractivity contribution in [2.45, 2.75) is 0 Å². The second kappa shape index (κ2) is 9.03. The summed E-state index contributed by atoms with van der Waals surface area (Å²) in [5.74, 6) is -0.795. The highest BCUT2D eigenvalue weighted by molar-refractivity contribution is 6.43. The fourth-order valence-electron chi connectivity index (χ4n) is 3.08. The summed E-state index contributed by atoms with van der Waals surface area (Å²) in [5, 5.41) is 2.43. The molecule has 2 amide bonds. The van der Waals surface area contributed by atoms with Gasteiger partial charge in [-0.2, -0.15) is 0 Å². The zero-order chi connectivity index (χ0) is 19.9. The van der Waals surface area contributed by atoms with Crippen LogP contribution in [0.1, 0.15) is 10.4 Å². The lowest BCUT2D eigenvalue weighted by Crippen LogP contribution is -2.51. The van der Waals surface area contributed by atoms with Crippen LogP contribution in [0.3, 0.4) is 0 Å². The molecule has 0 aliphatic carbocycles. The second-order valence-corrected chi connectivity index (χ2v) is 6.44. The summed E-state index contributed by atoms with van der Waals surface area (Å²) in [6.07, 6.45) is 0. The minimum Gasteiger partial charge on any atom is -0.497 e. The van der Waals surface area contributed by atoms with Crippen LogP contribution in [0, 0.1) is 0 Å². The molecule has 1 fully saturated rings. The number of rotatable bonds is 6. The van der Waals surface area contributed by atoms with Gasteiger partial charge in [-0.25, -0.2) is 0 Å². The third-order valence-electron chi connectivity index (χ3n) is 4.71. The first kappa shape index (κ1) is 19.4. The van der Waals surface area contributed by atoms with Crippen LogP contribution >= 0.6 is 0 Å². The first-order valence-electron chi connectivity index (χ1n) is 9.13. The fraction of sp³-hybridized carbons (Fsp3) is 0.286. The molecule has 1 aliphatic heterocycles. The minimum absolute atomic E-state index is 0.181. The molecule has 0 atom stereocenters. The van der Waals surface area contributed by atoms with E-state index in [4.69, 9.17) is 4.74 Å². The number of amides is 2. The van der Waals surface area contributed by atoms with Gasteiger partial charge in [0.1, 0.15) is 5.75 Å². The summed E-state index contributed by atoms with van der Waals surface area (Å²) in [5.41, 5.74) is 1.38. The predicted octanol–water partition coefficient (Wildman–Crippen LogP) is 1.34. The summed E-state index contributed by atoms with van der Waals surface area (Å²) in [6.45, 7) is 2.35. The van der Waals surface area contributed by atoms with Crippen molar-refractivity contribution in [1.82, 2.24) is 10.2 Å². The van der Waals surface area contributed by atoms with E-state index in [1.165, 1.54) is 0 Å². The molecule has 7 heteroatoms. The maximum absolute atomic E-state index is 12.4. The number of nitrogens with one attached hydrogen (secondary N) is 1. The molecule has 7 nitrogen and oxygen atoms in total. The average Bonchev–Trinajstić information content (AvgIpc) is 2.77. The first-order valence-corrected chi connectivity index (χ1v) is 9.13. The van der Waals surface area contributed by atoms with E-state index in [0.717, 1.165) is 11.4 Å². The number of benzene rings is 2. The van der Waals surface area contributed by atoms with Gasteiger partial charge in [-0.15, -0.1) is 0 Å². The Bertz CT molecular complexity index is 828. The standard InChI is InChI=1S/C21H23N3O4/c1-28-18-9-7-17(8-10-18)23-11-13-24(14-12-23)19(25)15-22-21(27)20(26)16-5-3-2-4-6-16/h2-10H,11-15H2,1H3,(H,22,27). The van der Waals surface area contributed by atoms with Crippen molar-refractivity contribution in [3.63, 3.8) is 0 Å². The molecular formula is C21H23N3O4. The van der Waals surface area contributed by atoms with Gasteiger partial charge in [0.2, 0.25) is 11.7 Å². The van der Waals surface area contributed by atoms with E-state index in [-0.39, 0.29) is 12.5 Å². The number of carbonyl (C=O) groups is 3. The highest BCUT2D eigenvalue weighted by Crippen LogP contribution is 2.20. The Morgan fingerprint density at radius 3 is 2.18 bits per heavy atom. The van der Waals surface area contributed by atoms with Crippen molar-refractivity contribution in [1.29, 1.82) is 0 Å². The lowest BCUT2D eigenvalue weighted by molar-refractivity contribution is -0.132. The van der Waals surface area contributed by atoms with E-state index in [9.17, 15) is 14.4 Å². The number of anilines is 1. The van der Waals surface area contributed by atoms with Gasteiger partial charge in [0.25, 0.3) is 5.91 Å². The minimum atomic E-state index is -0.767. The van der Waals surface area contributed by atoms with Crippen molar-refractivity contribution in [2.24, 2.45) is 0 Å². The van der Waals surface area contributed by atoms with Crippen LogP contribution in [-0.2, 0) is 9.59 Å². The summed E-state index contributed by atoms with van der Waals surface area (Å²) < 4.78 is 5.17.